The molecule has 1 aliphatic rings. The number of hydrogen-bond acceptors (Lipinski definition) is 5. The van der Waals surface area contributed by atoms with Crippen LogP contribution in [0.3, 0.4) is 0 Å². The molecule has 0 saturated carbocycles. The molecule has 3 aromatic rings. The van der Waals surface area contributed by atoms with Crippen molar-refractivity contribution in [3.05, 3.63) is 84.7 Å². The minimum atomic E-state index is -6.77. The van der Waals surface area contributed by atoms with Crippen LogP contribution in [0.5, 0.6) is 17.2 Å². The molecule has 334 valence electrons. The van der Waals surface area contributed by atoms with Gasteiger partial charge in [0.15, 0.2) is 31.4 Å². The second kappa shape index (κ2) is 17.1. The quantitative estimate of drug-likeness (QED) is 0.0941. The van der Waals surface area contributed by atoms with Crippen LogP contribution in [0, 0.1) is 11.2 Å². The Morgan fingerprint density at radius 1 is 0.567 bits per heavy atom. The van der Waals surface area contributed by atoms with Crippen molar-refractivity contribution in [3.63, 3.8) is 0 Å². The Bertz CT molecular complexity index is 1910. The van der Waals surface area contributed by atoms with E-state index in [-0.39, 0.29) is 30.8 Å². The fourth-order valence-corrected chi connectivity index (χ4v) is 5.21. The van der Waals surface area contributed by atoms with E-state index in [0.29, 0.717) is 17.7 Å². The first kappa shape index (κ1) is 48.2. The van der Waals surface area contributed by atoms with Gasteiger partial charge in [0.1, 0.15) is 18.1 Å². The first-order valence-corrected chi connectivity index (χ1v) is 17.2. The van der Waals surface area contributed by atoms with Crippen LogP contribution in [0.25, 0.3) is 17.2 Å². The molecule has 0 atom stereocenters. The van der Waals surface area contributed by atoms with Gasteiger partial charge < -0.3 is 23.7 Å². The Balaban J connectivity index is 1.36. The highest BCUT2D eigenvalue weighted by Gasteiger charge is 2.82. The largest absolute Gasteiger partial charge is 0.487 e. The van der Waals surface area contributed by atoms with Gasteiger partial charge in [0.2, 0.25) is 0 Å². The maximum Gasteiger partial charge on any atom is 0.381 e. The van der Waals surface area contributed by atoms with E-state index < -0.39 is 109 Å². The summed E-state index contributed by atoms with van der Waals surface area (Å²) in [7, 11) is 0. The lowest BCUT2D eigenvalue weighted by Gasteiger charge is -2.41. The maximum atomic E-state index is 14.8. The summed E-state index contributed by atoms with van der Waals surface area (Å²) in [5, 5.41) is 0. The molecule has 0 radical (unpaired) electrons. The Morgan fingerprint density at radius 2 is 0.967 bits per heavy atom. The van der Waals surface area contributed by atoms with Gasteiger partial charge in [-0.15, -0.1) is 0 Å². The summed E-state index contributed by atoms with van der Waals surface area (Å²) in [6.07, 6.45) is 1.60. The summed E-state index contributed by atoms with van der Waals surface area (Å²) in [6.45, 7) is -5.69. The van der Waals surface area contributed by atoms with Crippen LogP contribution in [0.4, 0.5) is 74.6 Å². The molecule has 60 heavy (non-hydrogen) atoms. The summed E-state index contributed by atoms with van der Waals surface area (Å²) in [4.78, 5) is 0. The fraction of sp³-hybridized carbons (Fsp3) is 0.474. The third kappa shape index (κ3) is 9.37. The van der Waals surface area contributed by atoms with Gasteiger partial charge in [-0.1, -0.05) is 49.9 Å². The second-order valence-electron chi connectivity index (χ2n) is 13.8. The molecule has 0 aliphatic carbocycles. The van der Waals surface area contributed by atoms with Crippen LogP contribution >= 0.6 is 0 Å². The van der Waals surface area contributed by atoms with Gasteiger partial charge in [-0.3, -0.25) is 0 Å². The third-order valence-corrected chi connectivity index (χ3v) is 9.37. The van der Waals surface area contributed by atoms with Gasteiger partial charge in [0.25, 0.3) is 0 Å². The standard InChI is InChI=1S/C38H33F17O5/c1-3-23-5-10-26(11-6-23)58-20-32(42,43)36(50,51)37(52,53)33(44,45)21-59-27-12-7-24(8-13-27)25-9-14-29(28(39)15-25)60-22-34(46,47)38(54,55)35(48,49)31(40,41)19-57-18-30(4-2)16-56-17-30/h3,5-15H,1,4,16-22H2,2H3. The van der Waals surface area contributed by atoms with E-state index in [4.69, 9.17) is 4.74 Å². The van der Waals surface area contributed by atoms with Crippen molar-refractivity contribution < 1.29 is 98.3 Å². The summed E-state index contributed by atoms with van der Waals surface area (Å²) in [5.41, 5.74) is -0.709. The molecular weight excluding hydrogens is 859 g/mol. The van der Waals surface area contributed by atoms with E-state index in [1.165, 1.54) is 18.2 Å². The lowest BCUT2D eigenvalue weighted by Crippen LogP contribution is -2.65. The molecule has 1 saturated heterocycles. The summed E-state index contributed by atoms with van der Waals surface area (Å²) >= 11 is 0. The molecule has 0 spiro atoms. The number of rotatable bonds is 22. The first-order chi connectivity index (χ1) is 27.5. The topological polar surface area (TPSA) is 46.2 Å². The molecule has 3 aromatic carbocycles. The highest BCUT2D eigenvalue weighted by atomic mass is 19.4. The Labute approximate surface area is 330 Å². The van der Waals surface area contributed by atoms with Crippen LogP contribution in [-0.2, 0) is 9.47 Å². The Morgan fingerprint density at radius 3 is 1.35 bits per heavy atom. The molecule has 0 N–H and O–H groups in total. The number of halogens is 17. The van der Waals surface area contributed by atoms with Gasteiger partial charge in [-0.25, -0.2) is 4.39 Å². The van der Waals surface area contributed by atoms with E-state index in [9.17, 15) is 74.6 Å². The lowest BCUT2D eigenvalue weighted by atomic mass is 9.84. The van der Waals surface area contributed by atoms with Crippen molar-refractivity contribution >= 4 is 6.08 Å². The molecular formula is C38H33F17O5. The van der Waals surface area contributed by atoms with Gasteiger partial charge in [0, 0.05) is 5.41 Å². The first-order valence-electron chi connectivity index (χ1n) is 17.2. The number of hydrogen-bond donors (Lipinski definition) is 0. The van der Waals surface area contributed by atoms with Crippen LogP contribution in [-0.4, -0.2) is 93.6 Å². The van der Waals surface area contributed by atoms with Crippen molar-refractivity contribution in [1.29, 1.82) is 0 Å². The summed E-state index contributed by atoms with van der Waals surface area (Å²) in [5.74, 6) is -54.6. The number of ether oxygens (including phenoxy) is 5. The molecule has 0 amide bonds. The Kier molecular flexibility index (Phi) is 13.8. The zero-order valence-electron chi connectivity index (χ0n) is 30.8. The minimum absolute atomic E-state index is 0.000421. The molecule has 0 unspecified atom stereocenters. The summed E-state index contributed by atoms with van der Waals surface area (Å²) < 4.78 is 267. The van der Waals surface area contributed by atoms with E-state index >= 15 is 0 Å². The number of benzene rings is 3. The maximum absolute atomic E-state index is 14.8. The van der Waals surface area contributed by atoms with Crippen LogP contribution in [0.2, 0.25) is 0 Å². The molecule has 1 heterocycles. The smallest absolute Gasteiger partial charge is 0.381 e. The third-order valence-electron chi connectivity index (χ3n) is 9.37. The molecule has 22 heteroatoms. The monoisotopic (exact) mass is 892 g/mol. The van der Waals surface area contributed by atoms with Crippen LogP contribution < -0.4 is 14.2 Å². The predicted molar refractivity (Wildman–Crippen MR) is 179 cm³/mol. The SMILES string of the molecule is C=Cc1ccc(OCC(F)(F)C(F)(F)C(F)(F)C(F)(F)COc2ccc(-c3ccc(OCC(F)(F)C(F)(F)C(F)(F)C(F)(F)COCC4(CC)COC4)c(F)c3)cc2)cc1. The van der Waals surface area contributed by atoms with Gasteiger partial charge in [-0.05, 0) is 59.5 Å². The fourth-order valence-electron chi connectivity index (χ4n) is 5.21. The molecule has 0 bridgehead atoms. The van der Waals surface area contributed by atoms with Gasteiger partial charge in [0.05, 0.1) is 19.8 Å². The van der Waals surface area contributed by atoms with Crippen LogP contribution in [0.15, 0.2) is 73.3 Å². The Hall–Kier alpha value is -4.47. The summed E-state index contributed by atoms with van der Waals surface area (Å²) in [6, 6.07) is 9.72. The van der Waals surface area contributed by atoms with Crippen molar-refractivity contribution in [3.8, 4) is 28.4 Å². The highest BCUT2D eigenvalue weighted by molar-refractivity contribution is 5.65. The minimum Gasteiger partial charge on any atom is -0.487 e. The van der Waals surface area contributed by atoms with Crippen molar-refractivity contribution in [2.24, 2.45) is 5.41 Å². The van der Waals surface area contributed by atoms with E-state index in [0.717, 1.165) is 42.5 Å². The lowest BCUT2D eigenvalue weighted by molar-refractivity contribution is -0.375. The molecule has 0 aromatic heterocycles. The molecule has 5 nitrogen and oxygen atoms in total. The average molecular weight is 893 g/mol. The highest BCUT2D eigenvalue weighted by Crippen LogP contribution is 2.54. The van der Waals surface area contributed by atoms with E-state index in [2.05, 4.69) is 25.5 Å². The van der Waals surface area contributed by atoms with E-state index in [1.807, 2.05) is 0 Å². The second-order valence-corrected chi connectivity index (χ2v) is 13.8. The van der Waals surface area contributed by atoms with Crippen molar-refractivity contribution in [2.45, 2.75) is 60.7 Å². The van der Waals surface area contributed by atoms with Gasteiger partial charge >= 0.3 is 47.4 Å². The van der Waals surface area contributed by atoms with Crippen LogP contribution in [0.1, 0.15) is 18.9 Å². The molecule has 1 fully saturated rings. The van der Waals surface area contributed by atoms with E-state index in [1.54, 1.807) is 6.92 Å². The average Bonchev–Trinajstić information content (AvgIpc) is 3.16. The van der Waals surface area contributed by atoms with Gasteiger partial charge in [-0.2, -0.15) is 70.2 Å². The predicted octanol–water partition coefficient (Wildman–Crippen LogP) is 11.5. The normalized spacial score (nSPS) is 15.6. The number of alkyl halides is 16. The zero-order valence-corrected chi connectivity index (χ0v) is 30.8. The molecule has 1 aliphatic heterocycles. The van der Waals surface area contributed by atoms with Crippen molar-refractivity contribution in [2.75, 3.05) is 46.2 Å². The zero-order chi connectivity index (χ0) is 45.2. The molecule has 4 rings (SSSR count). The van der Waals surface area contributed by atoms with Crippen molar-refractivity contribution in [1.82, 2.24) is 0 Å².